The van der Waals surface area contributed by atoms with Crippen molar-refractivity contribution in [2.75, 3.05) is 39.3 Å². The third-order valence-corrected chi connectivity index (χ3v) is 13.1. The lowest BCUT2D eigenvalue weighted by Gasteiger charge is -2.39. The lowest BCUT2D eigenvalue weighted by molar-refractivity contribution is -0.120. The molecule has 0 bridgehead atoms. The standard InChI is InChI=1S/C38H50F2N6O3Si/c1-37(2,3)49-36(48)44-17-6-7-33(44)35(47)43-30-13-10-24(19-29(30)42)32-15-14-31(23-8-11-25(41)12-9-23)46(32)26-20-27(39)34(28(40)21-26)45-18-16-38(4,5)22-50-45/h8-13,19-21,31-33H,6-7,14-18,22,41-42,50H2,1-5H3,(H,43,47)/t31-,32-,33-/m0/s1. The summed E-state index contributed by atoms with van der Waals surface area (Å²) in [6.45, 7) is 10.9. The second kappa shape index (κ2) is 13.8. The molecule has 3 aromatic rings. The van der Waals surface area contributed by atoms with Gasteiger partial charge in [0.25, 0.3) is 0 Å². The van der Waals surface area contributed by atoms with E-state index in [2.05, 4.69) is 24.1 Å². The molecule has 50 heavy (non-hydrogen) atoms. The van der Waals surface area contributed by atoms with Crippen molar-refractivity contribution in [1.82, 2.24) is 4.90 Å². The zero-order chi connectivity index (χ0) is 36.0. The molecule has 0 spiro atoms. The molecule has 3 aliphatic heterocycles. The van der Waals surface area contributed by atoms with E-state index < -0.39 is 39.1 Å². The third-order valence-electron chi connectivity index (χ3n) is 10.3. The fourth-order valence-corrected chi connectivity index (χ4v) is 9.61. The van der Waals surface area contributed by atoms with Gasteiger partial charge in [0.15, 0.2) is 11.6 Å². The number of nitrogens with one attached hydrogen (secondary N) is 1. The van der Waals surface area contributed by atoms with Crippen LogP contribution in [0, 0.1) is 17.0 Å². The minimum absolute atomic E-state index is 0.0903. The van der Waals surface area contributed by atoms with Crippen LogP contribution < -0.4 is 26.2 Å². The first-order valence-electron chi connectivity index (χ1n) is 17.7. The molecule has 0 aliphatic carbocycles. The van der Waals surface area contributed by atoms with Crippen molar-refractivity contribution in [3.8, 4) is 0 Å². The first-order valence-corrected chi connectivity index (χ1v) is 19.3. The summed E-state index contributed by atoms with van der Waals surface area (Å²) in [4.78, 5) is 29.7. The number of carbonyl (C=O) groups is 2. The van der Waals surface area contributed by atoms with Gasteiger partial charge in [-0.05, 0) is 112 Å². The first-order chi connectivity index (χ1) is 23.6. The number of ether oxygens (including phenoxy) is 1. The van der Waals surface area contributed by atoms with Crippen LogP contribution in [-0.2, 0) is 9.53 Å². The van der Waals surface area contributed by atoms with E-state index in [0.717, 1.165) is 30.0 Å². The molecule has 0 saturated carbocycles. The van der Waals surface area contributed by atoms with E-state index in [1.54, 1.807) is 26.8 Å². The Morgan fingerprint density at radius 2 is 1.56 bits per heavy atom. The van der Waals surface area contributed by atoms with Crippen molar-refractivity contribution in [1.29, 1.82) is 0 Å². The molecule has 6 rings (SSSR count). The van der Waals surface area contributed by atoms with Crippen LogP contribution in [0.1, 0.15) is 89.9 Å². The number of nitrogens with zero attached hydrogens (tertiary/aromatic N) is 3. The molecular formula is C38H50F2N6O3Si. The first kappa shape index (κ1) is 35.5. The molecule has 3 aliphatic rings. The summed E-state index contributed by atoms with van der Waals surface area (Å²) in [5, 5.41) is 2.92. The highest BCUT2D eigenvalue weighted by Crippen LogP contribution is 2.49. The molecular weight excluding hydrogens is 655 g/mol. The van der Waals surface area contributed by atoms with E-state index in [0.29, 0.717) is 55.1 Å². The Labute approximate surface area is 296 Å². The Morgan fingerprint density at radius 1 is 0.920 bits per heavy atom. The summed E-state index contributed by atoms with van der Waals surface area (Å²) in [6, 6.07) is 16.0. The molecule has 12 heteroatoms. The normalized spacial score (nSPS) is 22.6. The summed E-state index contributed by atoms with van der Waals surface area (Å²) in [7, 11) is -0.839. The highest BCUT2D eigenvalue weighted by molar-refractivity contribution is 6.42. The van der Waals surface area contributed by atoms with E-state index in [1.807, 2.05) is 41.0 Å². The van der Waals surface area contributed by atoms with Crippen molar-refractivity contribution in [2.24, 2.45) is 5.41 Å². The molecule has 268 valence electrons. The summed E-state index contributed by atoms with van der Waals surface area (Å²) in [5.74, 6) is -1.41. The van der Waals surface area contributed by atoms with Crippen LogP contribution >= 0.6 is 0 Å². The Kier molecular flexibility index (Phi) is 9.78. The van der Waals surface area contributed by atoms with Gasteiger partial charge in [-0.2, -0.15) is 0 Å². The molecule has 2 amide bonds. The number of nitrogens with two attached hydrogens (primary N) is 2. The molecule has 3 fully saturated rings. The monoisotopic (exact) mass is 704 g/mol. The number of rotatable bonds is 6. The predicted octanol–water partition coefficient (Wildman–Crippen LogP) is 7.29. The molecule has 3 saturated heterocycles. The van der Waals surface area contributed by atoms with Crippen LogP contribution in [0.5, 0.6) is 0 Å². The number of hydrogen-bond acceptors (Lipinski definition) is 7. The molecule has 0 aromatic heterocycles. The van der Waals surface area contributed by atoms with E-state index in [4.69, 9.17) is 16.2 Å². The fraction of sp³-hybridized carbons (Fsp3) is 0.474. The Hall–Kier alpha value is -4.32. The maximum Gasteiger partial charge on any atom is 0.410 e. The van der Waals surface area contributed by atoms with Gasteiger partial charge in [-0.25, -0.2) is 13.6 Å². The zero-order valence-corrected chi connectivity index (χ0v) is 31.2. The Balaban J connectivity index is 1.27. The van der Waals surface area contributed by atoms with Crippen molar-refractivity contribution in [3.63, 3.8) is 0 Å². The largest absolute Gasteiger partial charge is 0.444 e. The average molecular weight is 705 g/mol. The highest BCUT2D eigenvalue weighted by atomic mass is 28.2. The SMILES string of the molecule is CC1(C)CCN(c2c(F)cc(N3[C@H](c4ccc(N)cc4)CC[C@H]3c3ccc(NC(=O)[C@@H]4CCCN4C(=O)OC(C)(C)C)c(N)c3)cc2F)[SiH2]C1. The van der Waals surface area contributed by atoms with Gasteiger partial charge < -0.3 is 31.0 Å². The lowest BCUT2D eigenvalue weighted by atomic mass is 9.91. The van der Waals surface area contributed by atoms with E-state index in [9.17, 15) is 9.59 Å². The number of nitrogen functional groups attached to an aromatic ring is 2. The van der Waals surface area contributed by atoms with Crippen LogP contribution in [0.15, 0.2) is 54.6 Å². The summed E-state index contributed by atoms with van der Waals surface area (Å²) in [5.41, 5.74) is 16.0. The van der Waals surface area contributed by atoms with E-state index in [1.165, 1.54) is 17.0 Å². The number of hydrogen-bond donors (Lipinski definition) is 3. The van der Waals surface area contributed by atoms with Crippen molar-refractivity contribution in [3.05, 3.63) is 77.4 Å². The quantitative estimate of drug-likeness (QED) is 0.182. The second-order valence-electron chi connectivity index (χ2n) is 15.8. The summed E-state index contributed by atoms with van der Waals surface area (Å²) >= 11 is 0. The molecule has 9 nitrogen and oxygen atoms in total. The smallest absolute Gasteiger partial charge is 0.410 e. The average Bonchev–Trinajstić information content (AvgIpc) is 3.71. The maximum atomic E-state index is 16.0. The van der Waals surface area contributed by atoms with Crippen LogP contribution in [0.25, 0.3) is 0 Å². The van der Waals surface area contributed by atoms with E-state index in [-0.39, 0.29) is 29.1 Å². The van der Waals surface area contributed by atoms with Gasteiger partial charge in [-0.3, -0.25) is 9.69 Å². The Morgan fingerprint density at radius 3 is 2.16 bits per heavy atom. The van der Waals surface area contributed by atoms with E-state index >= 15 is 8.78 Å². The van der Waals surface area contributed by atoms with Gasteiger partial charge in [-0.1, -0.05) is 32.0 Å². The van der Waals surface area contributed by atoms with Crippen LogP contribution in [0.2, 0.25) is 6.04 Å². The summed E-state index contributed by atoms with van der Waals surface area (Å²) < 4.78 is 39.5. The van der Waals surface area contributed by atoms with Crippen molar-refractivity contribution < 1.29 is 23.1 Å². The van der Waals surface area contributed by atoms with Crippen LogP contribution in [0.4, 0.5) is 42.0 Å². The number of likely N-dealkylation sites (tertiary alicyclic amines) is 1. The highest BCUT2D eigenvalue weighted by Gasteiger charge is 2.39. The minimum Gasteiger partial charge on any atom is -0.444 e. The van der Waals surface area contributed by atoms with Gasteiger partial charge in [0.2, 0.25) is 5.91 Å². The molecule has 0 unspecified atom stereocenters. The van der Waals surface area contributed by atoms with Crippen molar-refractivity contribution >= 4 is 50.1 Å². The van der Waals surface area contributed by atoms with Gasteiger partial charge in [-0.15, -0.1) is 0 Å². The summed E-state index contributed by atoms with van der Waals surface area (Å²) in [6.07, 6.45) is 3.06. The van der Waals surface area contributed by atoms with Gasteiger partial charge in [0, 0.05) is 24.5 Å². The third kappa shape index (κ3) is 7.55. The van der Waals surface area contributed by atoms with Crippen molar-refractivity contribution in [2.45, 2.75) is 96.5 Å². The predicted molar refractivity (Wildman–Crippen MR) is 199 cm³/mol. The van der Waals surface area contributed by atoms with Gasteiger partial charge in [0.05, 0.1) is 23.5 Å². The lowest BCUT2D eigenvalue weighted by Crippen LogP contribution is -2.45. The van der Waals surface area contributed by atoms with Crippen LogP contribution in [0.3, 0.4) is 0 Å². The number of anilines is 5. The van der Waals surface area contributed by atoms with Gasteiger partial charge in [0.1, 0.15) is 27.0 Å². The second-order valence-corrected chi connectivity index (χ2v) is 17.5. The molecule has 0 radical (unpaired) electrons. The zero-order valence-electron chi connectivity index (χ0n) is 29.8. The number of benzene rings is 3. The topological polar surface area (TPSA) is 117 Å². The Bertz CT molecular complexity index is 1710. The minimum atomic E-state index is -0.839. The maximum absolute atomic E-state index is 16.0. The van der Waals surface area contributed by atoms with Gasteiger partial charge >= 0.3 is 6.09 Å². The van der Waals surface area contributed by atoms with Crippen LogP contribution in [-0.4, -0.2) is 51.3 Å². The number of amides is 2. The molecule has 5 N–H and O–H groups in total. The molecule has 3 aromatic carbocycles. The number of halogens is 2. The molecule has 3 atom stereocenters. The molecule has 3 heterocycles. The fourth-order valence-electron chi connectivity index (χ4n) is 7.58. The number of carbonyl (C=O) groups excluding carboxylic acids is 2.